The molecule has 0 spiro atoms. The highest BCUT2D eigenvalue weighted by molar-refractivity contribution is 5.94. The maximum Gasteiger partial charge on any atom is 0.331 e. The largest absolute Gasteiger partial charge is 0.478 e. The fraction of sp³-hybridized carbons (Fsp3) is 0.818. The van der Waals surface area contributed by atoms with Crippen LogP contribution in [0.1, 0.15) is 226 Å². The molecule has 0 unspecified atom stereocenters. The van der Waals surface area contributed by atoms with Gasteiger partial charge in [-0.2, -0.15) is 0 Å². The van der Waals surface area contributed by atoms with Gasteiger partial charge >= 0.3 is 23.9 Å². The highest BCUT2D eigenvalue weighted by Crippen LogP contribution is 2.16. The number of unbranched alkanes of at least 4 members (excludes halogenated alkanes) is 30. The van der Waals surface area contributed by atoms with E-state index in [1.807, 2.05) is 0 Å². The lowest BCUT2D eigenvalue weighted by Crippen LogP contribution is -2.04. The molecule has 0 saturated carbocycles. The van der Waals surface area contributed by atoms with Gasteiger partial charge in [-0.3, -0.25) is 0 Å². The van der Waals surface area contributed by atoms with E-state index in [1.54, 1.807) is 0 Å². The Morgan fingerprint density at radius 3 is 1.00 bits per heavy atom. The predicted octanol–water partition coefficient (Wildman–Crippen LogP) is 13.2. The number of esters is 1. The topological polar surface area (TPSA) is 138 Å². The summed E-state index contributed by atoms with van der Waals surface area (Å²) in [7, 11) is 0. The lowest BCUT2D eigenvalue weighted by atomic mass is 10.0. The molecule has 0 aromatic heterocycles. The molecule has 0 aromatic carbocycles. The molecule has 0 aromatic rings. The Bertz CT molecular complexity index is 893. The highest BCUT2D eigenvalue weighted by Gasteiger charge is 2.09. The van der Waals surface area contributed by atoms with Gasteiger partial charge in [0.15, 0.2) is 0 Å². The number of carboxylic acid groups (broad SMARTS) is 3. The van der Waals surface area contributed by atoms with E-state index in [-0.39, 0.29) is 5.57 Å². The summed E-state index contributed by atoms with van der Waals surface area (Å²) in [6.45, 7) is 4.90. The van der Waals surface area contributed by atoms with Crippen LogP contribution in [-0.2, 0) is 23.9 Å². The minimum atomic E-state index is -1.18. The Morgan fingerprint density at radius 1 is 0.404 bits per heavy atom. The maximum absolute atomic E-state index is 11.1. The monoisotopic (exact) mass is 737 g/mol. The molecular formula is C44H80O8. The Hall–Kier alpha value is -2.64. The fourth-order valence-electron chi connectivity index (χ4n) is 6.26. The molecule has 0 heterocycles. The quantitative estimate of drug-likeness (QED) is 0.0323. The molecule has 0 fully saturated rings. The van der Waals surface area contributed by atoms with Gasteiger partial charge in [0.05, 0.1) is 6.61 Å². The van der Waals surface area contributed by atoms with Crippen LogP contribution < -0.4 is 0 Å². The molecular weight excluding hydrogens is 656 g/mol. The SMILES string of the molecule is CCCCCCCCCCCCCCCCCC/C(=C\C(=O)O)C(=O)O.CCCCCCCCCCCCCCCCCCOC(=O)/C=C/C(=O)O. The van der Waals surface area contributed by atoms with E-state index in [0.717, 1.165) is 50.3 Å². The van der Waals surface area contributed by atoms with Crippen molar-refractivity contribution < 1.29 is 39.2 Å². The zero-order valence-electron chi connectivity index (χ0n) is 33.7. The minimum absolute atomic E-state index is 0.00265. The number of aliphatic carboxylic acids is 3. The van der Waals surface area contributed by atoms with Crippen molar-refractivity contribution in [3.63, 3.8) is 0 Å². The van der Waals surface area contributed by atoms with Crippen LogP contribution in [-0.4, -0.2) is 45.8 Å². The smallest absolute Gasteiger partial charge is 0.331 e. The van der Waals surface area contributed by atoms with Gasteiger partial charge in [0.25, 0.3) is 0 Å². The zero-order chi connectivity index (χ0) is 38.8. The standard InChI is InChI=1S/2C22H40O4/c1-2-3-4-5-6-7-8-9-10-11-12-13-14-15-16-17-20-26-22(25)19-18-21(23)24;1-2-3-4-5-6-7-8-9-10-11-12-13-14-15-16-17-18-20(22(25)26)19-21(23)24/h18-19H,2-17,20H2,1H3,(H,23,24);19H,2-18H2,1H3,(H,23,24)(H,25,26)/b19-18+;20-19+. The van der Waals surface area contributed by atoms with E-state index in [1.165, 1.54) is 173 Å². The van der Waals surface area contributed by atoms with Gasteiger partial charge in [-0.25, -0.2) is 19.2 Å². The van der Waals surface area contributed by atoms with Crippen LogP contribution in [0.2, 0.25) is 0 Å². The average Bonchev–Trinajstić information content (AvgIpc) is 3.11. The number of carboxylic acids is 3. The summed E-state index contributed by atoms with van der Waals surface area (Å²) in [6.07, 6.45) is 44.3. The van der Waals surface area contributed by atoms with Gasteiger partial charge in [-0.05, 0) is 19.3 Å². The fourth-order valence-corrected chi connectivity index (χ4v) is 6.26. The Morgan fingerprint density at radius 2 is 0.712 bits per heavy atom. The van der Waals surface area contributed by atoms with Crippen molar-refractivity contribution in [2.75, 3.05) is 6.61 Å². The first-order chi connectivity index (χ1) is 25.2. The molecule has 0 saturated heterocycles. The van der Waals surface area contributed by atoms with E-state index >= 15 is 0 Å². The third-order valence-corrected chi connectivity index (χ3v) is 9.48. The second-order valence-corrected chi connectivity index (χ2v) is 14.5. The van der Waals surface area contributed by atoms with E-state index in [2.05, 4.69) is 13.8 Å². The van der Waals surface area contributed by atoms with Crippen LogP contribution in [0.15, 0.2) is 23.8 Å². The number of hydrogen-bond donors (Lipinski definition) is 3. The molecule has 0 rings (SSSR count). The van der Waals surface area contributed by atoms with Gasteiger partial charge in [0, 0.05) is 23.8 Å². The molecule has 0 radical (unpaired) electrons. The van der Waals surface area contributed by atoms with Crippen molar-refractivity contribution in [2.45, 2.75) is 226 Å². The summed E-state index contributed by atoms with van der Waals surface area (Å²) in [6, 6.07) is 0. The van der Waals surface area contributed by atoms with E-state index in [9.17, 15) is 19.2 Å². The number of carbonyl (C=O) groups is 4. The molecule has 0 aliphatic heterocycles. The Kier molecular flexibility index (Phi) is 42.3. The normalized spacial score (nSPS) is 11.4. The third-order valence-electron chi connectivity index (χ3n) is 9.48. The highest BCUT2D eigenvalue weighted by atomic mass is 16.5. The Labute approximate surface area is 318 Å². The number of ether oxygens (including phenoxy) is 1. The van der Waals surface area contributed by atoms with Crippen LogP contribution >= 0.6 is 0 Å². The van der Waals surface area contributed by atoms with Crippen LogP contribution in [0.4, 0.5) is 0 Å². The zero-order valence-corrected chi connectivity index (χ0v) is 33.7. The number of carbonyl (C=O) groups excluding carboxylic acids is 1. The van der Waals surface area contributed by atoms with Crippen LogP contribution in [0, 0.1) is 0 Å². The minimum Gasteiger partial charge on any atom is -0.478 e. The average molecular weight is 737 g/mol. The summed E-state index contributed by atoms with van der Waals surface area (Å²) in [5, 5.41) is 25.9. The molecule has 0 amide bonds. The van der Waals surface area contributed by atoms with Crippen LogP contribution in [0.3, 0.4) is 0 Å². The first-order valence-electron chi connectivity index (χ1n) is 21.5. The number of hydrogen-bond acceptors (Lipinski definition) is 5. The third kappa shape index (κ3) is 45.4. The Balaban J connectivity index is 0. The number of rotatable bonds is 38. The molecule has 0 aliphatic rings. The van der Waals surface area contributed by atoms with Crippen molar-refractivity contribution in [2.24, 2.45) is 0 Å². The van der Waals surface area contributed by atoms with Crippen molar-refractivity contribution in [1.29, 1.82) is 0 Å². The summed E-state index contributed by atoms with van der Waals surface area (Å²) in [5.41, 5.74) is 0.00265. The van der Waals surface area contributed by atoms with Gasteiger partial charge in [0.2, 0.25) is 0 Å². The van der Waals surface area contributed by atoms with Crippen LogP contribution in [0.5, 0.6) is 0 Å². The molecule has 0 atom stereocenters. The van der Waals surface area contributed by atoms with E-state index < -0.39 is 23.9 Å². The molecule has 304 valence electrons. The maximum atomic E-state index is 11.1. The first-order valence-corrected chi connectivity index (χ1v) is 21.5. The summed E-state index contributed by atoms with van der Waals surface area (Å²) in [5.74, 6) is -4.01. The van der Waals surface area contributed by atoms with Crippen LogP contribution in [0.25, 0.3) is 0 Å². The van der Waals surface area contributed by atoms with E-state index in [0.29, 0.717) is 13.0 Å². The molecule has 0 bridgehead atoms. The van der Waals surface area contributed by atoms with Crippen molar-refractivity contribution in [3.05, 3.63) is 23.8 Å². The van der Waals surface area contributed by atoms with Gasteiger partial charge in [-0.15, -0.1) is 0 Å². The van der Waals surface area contributed by atoms with Gasteiger partial charge < -0.3 is 20.1 Å². The van der Waals surface area contributed by atoms with Crippen molar-refractivity contribution in [1.82, 2.24) is 0 Å². The van der Waals surface area contributed by atoms with Crippen molar-refractivity contribution in [3.8, 4) is 0 Å². The lowest BCUT2D eigenvalue weighted by Gasteiger charge is -2.04. The molecule has 0 aliphatic carbocycles. The first kappa shape index (κ1) is 51.5. The summed E-state index contributed by atoms with van der Waals surface area (Å²) < 4.78 is 4.92. The summed E-state index contributed by atoms with van der Waals surface area (Å²) in [4.78, 5) is 42.8. The molecule has 8 heteroatoms. The second kappa shape index (κ2) is 42.8. The molecule has 52 heavy (non-hydrogen) atoms. The van der Waals surface area contributed by atoms with Gasteiger partial charge in [0.1, 0.15) is 0 Å². The van der Waals surface area contributed by atoms with Crippen molar-refractivity contribution >= 4 is 23.9 Å². The molecule has 8 nitrogen and oxygen atoms in total. The predicted molar refractivity (Wildman–Crippen MR) is 215 cm³/mol. The lowest BCUT2D eigenvalue weighted by molar-refractivity contribution is -0.138. The molecule has 3 N–H and O–H groups in total. The van der Waals surface area contributed by atoms with E-state index in [4.69, 9.17) is 20.1 Å². The van der Waals surface area contributed by atoms with Gasteiger partial charge in [-0.1, -0.05) is 206 Å². The second-order valence-electron chi connectivity index (χ2n) is 14.5. The summed E-state index contributed by atoms with van der Waals surface area (Å²) >= 11 is 0.